The molecule has 1 fully saturated rings. The number of nitrogen functional groups attached to an aromatic ring is 1. The lowest BCUT2D eigenvalue weighted by atomic mass is 10.0. The minimum absolute atomic E-state index is 0.0365. The van der Waals surface area contributed by atoms with Gasteiger partial charge in [0, 0.05) is 61.9 Å². The van der Waals surface area contributed by atoms with Gasteiger partial charge in [-0.2, -0.15) is 13.2 Å². The number of hydrogen-bond acceptors (Lipinski definition) is 6. The minimum Gasteiger partial charge on any atom is -0.381 e. The molecule has 0 spiro atoms. The van der Waals surface area contributed by atoms with Crippen molar-refractivity contribution in [2.45, 2.75) is 12.7 Å². The van der Waals surface area contributed by atoms with E-state index >= 15 is 0 Å². The van der Waals surface area contributed by atoms with Crippen LogP contribution in [0.2, 0.25) is 5.02 Å². The summed E-state index contributed by atoms with van der Waals surface area (Å²) in [7, 11) is 1.99. The molecule has 192 valence electrons. The van der Waals surface area contributed by atoms with Crippen molar-refractivity contribution in [1.29, 1.82) is 0 Å². The zero-order chi connectivity index (χ0) is 26.6. The average Bonchev–Trinajstić information content (AvgIpc) is 2.86. The summed E-state index contributed by atoms with van der Waals surface area (Å²) >= 11 is 6.21. The molecule has 1 aliphatic heterocycles. The molecule has 0 unspecified atom stereocenters. The van der Waals surface area contributed by atoms with Crippen LogP contribution in [0.3, 0.4) is 0 Å². The number of aromatic nitrogens is 2. The molecular formula is C26H24ClF3N6O. The van der Waals surface area contributed by atoms with Gasteiger partial charge in [0.1, 0.15) is 0 Å². The molecule has 1 saturated heterocycles. The van der Waals surface area contributed by atoms with Gasteiger partial charge in [-0.25, -0.2) is 9.97 Å². The normalized spacial score (nSPS) is 14.6. The van der Waals surface area contributed by atoms with Crippen LogP contribution in [0, 0.1) is 11.8 Å². The van der Waals surface area contributed by atoms with E-state index in [1.54, 1.807) is 0 Å². The van der Waals surface area contributed by atoms with Crippen molar-refractivity contribution >= 4 is 29.0 Å². The highest BCUT2D eigenvalue weighted by Crippen LogP contribution is 2.34. The summed E-state index contributed by atoms with van der Waals surface area (Å²) in [5.74, 6) is 5.11. The van der Waals surface area contributed by atoms with Crippen molar-refractivity contribution in [2.75, 3.05) is 44.3 Å². The third-order valence-corrected chi connectivity index (χ3v) is 6.26. The summed E-state index contributed by atoms with van der Waals surface area (Å²) < 4.78 is 41.6. The van der Waals surface area contributed by atoms with Crippen molar-refractivity contribution in [3.63, 3.8) is 0 Å². The molecule has 1 aliphatic rings. The van der Waals surface area contributed by atoms with E-state index in [1.165, 1.54) is 42.7 Å². The van der Waals surface area contributed by atoms with Crippen LogP contribution in [-0.4, -0.2) is 58.9 Å². The molecule has 1 aromatic heterocycles. The molecule has 0 aliphatic carbocycles. The first-order valence-electron chi connectivity index (χ1n) is 11.4. The number of nitrogens with zero attached hydrogens (tertiary/aromatic N) is 4. The third-order valence-electron chi connectivity index (χ3n) is 5.93. The van der Waals surface area contributed by atoms with E-state index in [2.05, 4.69) is 32.0 Å². The first-order valence-corrected chi connectivity index (χ1v) is 11.8. The van der Waals surface area contributed by atoms with E-state index in [9.17, 15) is 18.0 Å². The van der Waals surface area contributed by atoms with Crippen molar-refractivity contribution in [1.82, 2.24) is 19.8 Å². The van der Waals surface area contributed by atoms with Gasteiger partial charge < -0.3 is 16.0 Å². The summed E-state index contributed by atoms with van der Waals surface area (Å²) in [6, 6.07) is 8.26. The Kier molecular flexibility index (Phi) is 7.97. The SMILES string of the molecule is CN1CCN(Cc2ccc(NC(=O)c3ccc(Cl)c(C#Cc4nccnc4N)c3)cc2C(F)(F)F)CC1. The number of carbonyl (C=O) groups is 1. The highest BCUT2D eigenvalue weighted by molar-refractivity contribution is 6.32. The quantitative estimate of drug-likeness (QED) is 0.495. The molecule has 0 bridgehead atoms. The second-order valence-electron chi connectivity index (χ2n) is 8.64. The number of nitrogens with two attached hydrogens (primary N) is 1. The van der Waals surface area contributed by atoms with E-state index in [1.807, 2.05) is 11.9 Å². The maximum Gasteiger partial charge on any atom is 0.416 e. The fourth-order valence-corrected chi connectivity index (χ4v) is 4.00. The minimum atomic E-state index is -4.56. The molecule has 2 aromatic carbocycles. The number of hydrogen-bond donors (Lipinski definition) is 2. The Morgan fingerprint density at radius 3 is 2.51 bits per heavy atom. The van der Waals surface area contributed by atoms with Gasteiger partial charge in [-0.3, -0.25) is 9.69 Å². The summed E-state index contributed by atoms with van der Waals surface area (Å²) in [6.45, 7) is 3.17. The monoisotopic (exact) mass is 528 g/mol. The molecule has 4 rings (SSSR count). The van der Waals surface area contributed by atoms with E-state index in [4.69, 9.17) is 17.3 Å². The standard InChI is InChI=1S/C26H24ClF3N6O/c1-35-10-12-36(13-11-35)16-19-2-5-20(15-21(19)26(28,29)30)34-25(37)18-3-6-22(27)17(14-18)4-7-23-24(31)33-9-8-32-23/h2-3,5-6,8-9,14-15H,10-13,16H2,1H3,(H2,31,33)(H,34,37). The Morgan fingerprint density at radius 1 is 1.08 bits per heavy atom. The van der Waals surface area contributed by atoms with E-state index in [-0.39, 0.29) is 34.9 Å². The lowest BCUT2D eigenvalue weighted by molar-refractivity contribution is -0.138. The van der Waals surface area contributed by atoms with Crippen molar-refractivity contribution in [2.24, 2.45) is 0 Å². The maximum absolute atomic E-state index is 13.9. The van der Waals surface area contributed by atoms with Crippen LogP contribution < -0.4 is 11.1 Å². The highest BCUT2D eigenvalue weighted by atomic mass is 35.5. The smallest absolute Gasteiger partial charge is 0.381 e. The largest absolute Gasteiger partial charge is 0.416 e. The Morgan fingerprint density at radius 2 is 1.81 bits per heavy atom. The molecule has 0 atom stereocenters. The van der Waals surface area contributed by atoms with Crippen molar-refractivity contribution in [3.8, 4) is 11.8 Å². The van der Waals surface area contributed by atoms with E-state index < -0.39 is 17.6 Å². The Labute approximate surface area is 217 Å². The van der Waals surface area contributed by atoms with Crippen LogP contribution in [-0.2, 0) is 12.7 Å². The molecule has 7 nitrogen and oxygen atoms in total. The number of alkyl halides is 3. The number of amides is 1. The fraction of sp³-hybridized carbons (Fsp3) is 0.269. The number of piperazine rings is 1. The lowest BCUT2D eigenvalue weighted by Crippen LogP contribution is -2.44. The van der Waals surface area contributed by atoms with Gasteiger partial charge in [0.25, 0.3) is 5.91 Å². The summed E-state index contributed by atoms with van der Waals surface area (Å²) in [5, 5.41) is 2.83. The second kappa shape index (κ2) is 11.2. The van der Waals surface area contributed by atoms with Gasteiger partial charge >= 0.3 is 6.18 Å². The number of likely N-dealkylation sites (N-methyl/N-ethyl adjacent to an activating group) is 1. The van der Waals surface area contributed by atoms with Gasteiger partial charge in [-0.05, 0) is 48.9 Å². The van der Waals surface area contributed by atoms with Crippen LogP contribution >= 0.6 is 11.6 Å². The molecule has 3 aromatic rings. The Balaban J connectivity index is 1.53. The van der Waals surface area contributed by atoms with Gasteiger partial charge in [0.2, 0.25) is 0 Å². The van der Waals surface area contributed by atoms with E-state index in [0.29, 0.717) is 23.7 Å². The first-order chi connectivity index (χ1) is 17.6. The topological polar surface area (TPSA) is 87.4 Å². The zero-order valence-corrected chi connectivity index (χ0v) is 20.7. The van der Waals surface area contributed by atoms with E-state index in [0.717, 1.165) is 19.2 Å². The third kappa shape index (κ3) is 6.77. The average molecular weight is 529 g/mol. The molecule has 0 saturated carbocycles. The number of benzene rings is 2. The number of rotatable bonds is 4. The predicted molar refractivity (Wildman–Crippen MR) is 136 cm³/mol. The summed E-state index contributed by atoms with van der Waals surface area (Å²) in [4.78, 5) is 24.9. The zero-order valence-electron chi connectivity index (χ0n) is 19.9. The maximum atomic E-state index is 13.9. The lowest BCUT2D eigenvalue weighted by Gasteiger charge is -2.33. The van der Waals surface area contributed by atoms with Gasteiger partial charge in [-0.15, -0.1) is 0 Å². The summed E-state index contributed by atoms with van der Waals surface area (Å²) in [5.41, 5.74) is 5.94. The second-order valence-corrected chi connectivity index (χ2v) is 9.05. The van der Waals surface area contributed by atoms with Gasteiger partial charge in [0.15, 0.2) is 11.5 Å². The highest BCUT2D eigenvalue weighted by Gasteiger charge is 2.34. The molecule has 1 amide bonds. The van der Waals surface area contributed by atoms with Crippen LogP contribution in [0.15, 0.2) is 48.8 Å². The van der Waals surface area contributed by atoms with Crippen LogP contribution in [0.4, 0.5) is 24.7 Å². The van der Waals surface area contributed by atoms with Crippen molar-refractivity contribution < 1.29 is 18.0 Å². The van der Waals surface area contributed by atoms with Crippen LogP contribution in [0.5, 0.6) is 0 Å². The number of carbonyl (C=O) groups excluding carboxylic acids is 1. The molecular weight excluding hydrogens is 505 g/mol. The summed E-state index contributed by atoms with van der Waals surface area (Å²) in [6.07, 6.45) is -1.69. The van der Waals surface area contributed by atoms with Gasteiger partial charge in [0.05, 0.1) is 10.6 Å². The van der Waals surface area contributed by atoms with Crippen LogP contribution in [0.25, 0.3) is 0 Å². The fourth-order valence-electron chi connectivity index (χ4n) is 3.84. The molecule has 0 radical (unpaired) electrons. The molecule has 37 heavy (non-hydrogen) atoms. The Hall–Kier alpha value is -3.65. The van der Waals surface area contributed by atoms with Crippen LogP contribution in [0.1, 0.15) is 32.7 Å². The molecule has 2 heterocycles. The first kappa shape index (κ1) is 26.4. The number of anilines is 2. The molecule has 3 N–H and O–H groups in total. The predicted octanol–water partition coefficient (Wildman–Crippen LogP) is 4.13. The number of halogens is 4. The Bertz CT molecular complexity index is 1360. The number of nitrogens with one attached hydrogen (secondary N) is 1. The van der Waals surface area contributed by atoms with Crippen molar-refractivity contribution in [3.05, 3.63) is 81.8 Å². The van der Waals surface area contributed by atoms with Gasteiger partial charge in [-0.1, -0.05) is 23.6 Å². The molecule has 11 heteroatoms.